The lowest BCUT2D eigenvalue weighted by Crippen LogP contribution is -1.94. The Labute approximate surface area is 220 Å². The molecule has 2 heterocycles. The lowest BCUT2D eigenvalue weighted by atomic mass is 10.0. The molecule has 6 aromatic carbocycles. The smallest absolute Gasteiger partial charge is 0.0541 e. The zero-order chi connectivity index (χ0) is 25.1. The Hall–Kier alpha value is -5.08. The number of hydrogen-bond acceptors (Lipinski definition) is 0. The maximum absolute atomic E-state index is 2.38. The van der Waals surface area contributed by atoms with Gasteiger partial charge in [0.25, 0.3) is 0 Å². The van der Waals surface area contributed by atoms with Gasteiger partial charge in [-0.25, -0.2) is 0 Å². The van der Waals surface area contributed by atoms with Crippen LogP contribution >= 0.6 is 0 Å². The van der Waals surface area contributed by atoms with E-state index in [1.807, 2.05) is 0 Å². The Morgan fingerprint density at radius 3 is 1.42 bits per heavy atom. The summed E-state index contributed by atoms with van der Waals surface area (Å²) >= 11 is 0. The van der Waals surface area contributed by atoms with E-state index in [0.717, 1.165) is 0 Å². The fourth-order valence-electron chi connectivity index (χ4n) is 6.03. The molecule has 0 atom stereocenters. The molecule has 38 heavy (non-hydrogen) atoms. The second-order valence-corrected chi connectivity index (χ2v) is 9.84. The van der Waals surface area contributed by atoms with E-state index in [0.29, 0.717) is 0 Å². The summed E-state index contributed by atoms with van der Waals surface area (Å²) in [5.74, 6) is 0. The van der Waals surface area contributed by atoms with Crippen molar-refractivity contribution < 1.29 is 0 Å². The standard InChI is InChI=1S/C36H24N2/c1-2-12-27(13-3-1)37-35-20-9-6-17-31(35)32-24-26(21-22-36(32)37)25-11-10-14-28(23-25)38-33-18-7-4-15-29(33)30-16-5-8-19-34(30)38/h1-24H. The van der Waals surface area contributed by atoms with Crippen molar-refractivity contribution in [2.24, 2.45) is 0 Å². The largest absolute Gasteiger partial charge is 0.309 e. The zero-order valence-electron chi connectivity index (χ0n) is 20.8. The van der Waals surface area contributed by atoms with Crippen molar-refractivity contribution in [3.8, 4) is 22.5 Å². The Kier molecular flexibility index (Phi) is 4.55. The van der Waals surface area contributed by atoms with Gasteiger partial charge in [0.2, 0.25) is 0 Å². The Bertz CT molecular complexity index is 2070. The van der Waals surface area contributed by atoms with Gasteiger partial charge < -0.3 is 9.13 Å². The van der Waals surface area contributed by atoms with Crippen LogP contribution in [0.3, 0.4) is 0 Å². The molecule has 0 fully saturated rings. The highest BCUT2D eigenvalue weighted by molar-refractivity contribution is 6.11. The van der Waals surface area contributed by atoms with E-state index in [1.54, 1.807) is 0 Å². The van der Waals surface area contributed by atoms with E-state index in [4.69, 9.17) is 0 Å². The zero-order valence-corrected chi connectivity index (χ0v) is 20.8. The number of benzene rings is 6. The van der Waals surface area contributed by atoms with Crippen LogP contribution in [0.25, 0.3) is 66.1 Å². The third kappa shape index (κ3) is 3.07. The van der Waals surface area contributed by atoms with Crippen molar-refractivity contribution in [1.29, 1.82) is 0 Å². The van der Waals surface area contributed by atoms with Crippen LogP contribution in [-0.2, 0) is 0 Å². The van der Waals surface area contributed by atoms with Crippen molar-refractivity contribution in [2.75, 3.05) is 0 Å². The van der Waals surface area contributed by atoms with Crippen LogP contribution in [0.15, 0.2) is 146 Å². The molecule has 8 aromatic rings. The molecular formula is C36H24N2. The molecule has 2 nitrogen and oxygen atoms in total. The van der Waals surface area contributed by atoms with Gasteiger partial charge in [-0.05, 0) is 65.7 Å². The predicted octanol–water partition coefficient (Wildman–Crippen LogP) is 9.55. The fraction of sp³-hybridized carbons (Fsp3) is 0. The van der Waals surface area contributed by atoms with Gasteiger partial charge in [-0.1, -0.05) is 91.0 Å². The molecule has 0 unspecified atom stereocenters. The van der Waals surface area contributed by atoms with E-state index in [2.05, 4.69) is 155 Å². The van der Waals surface area contributed by atoms with E-state index >= 15 is 0 Å². The Balaban J connectivity index is 1.34. The van der Waals surface area contributed by atoms with Gasteiger partial charge in [-0.2, -0.15) is 0 Å². The summed E-state index contributed by atoms with van der Waals surface area (Å²) in [5.41, 5.74) is 9.69. The molecule has 8 rings (SSSR count). The minimum absolute atomic E-state index is 1.17. The van der Waals surface area contributed by atoms with Crippen LogP contribution in [0.5, 0.6) is 0 Å². The van der Waals surface area contributed by atoms with Crippen molar-refractivity contribution >= 4 is 43.6 Å². The third-order valence-electron chi connectivity index (χ3n) is 7.70. The number of hydrogen-bond donors (Lipinski definition) is 0. The highest BCUT2D eigenvalue weighted by Crippen LogP contribution is 2.36. The minimum atomic E-state index is 1.17. The molecule has 0 aliphatic rings. The van der Waals surface area contributed by atoms with Crippen LogP contribution in [0.2, 0.25) is 0 Å². The maximum Gasteiger partial charge on any atom is 0.0541 e. The lowest BCUT2D eigenvalue weighted by Gasteiger charge is -2.11. The maximum atomic E-state index is 2.38. The molecule has 0 spiro atoms. The van der Waals surface area contributed by atoms with Crippen molar-refractivity contribution in [2.45, 2.75) is 0 Å². The number of para-hydroxylation sites is 4. The Morgan fingerprint density at radius 2 is 0.763 bits per heavy atom. The molecule has 0 saturated carbocycles. The molecule has 0 aliphatic heterocycles. The molecule has 2 heteroatoms. The normalized spacial score (nSPS) is 11.7. The molecule has 0 aliphatic carbocycles. The monoisotopic (exact) mass is 484 g/mol. The van der Waals surface area contributed by atoms with Crippen LogP contribution in [0.4, 0.5) is 0 Å². The molecule has 178 valence electrons. The molecule has 0 saturated heterocycles. The topological polar surface area (TPSA) is 9.86 Å². The van der Waals surface area contributed by atoms with E-state index < -0.39 is 0 Å². The SMILES string of the molecule is c1ccc(-n2c3ccccc3c3cc(-c4cccc(-n5c6ccccc6c6ccccc65)c4)ccc32)cc1. The lowest BCUT2D eigenvalue weighted by molar-refractivity contribution is 1.18. The second-order valence-electron chi connectivity index (χ2n) is 9.84. The summed E-state index contributed by atoms with van der Waals surface area (Å²) in [6.45, 7) is 0. The number of aromatic nitrogens is 2. The molecule has 0 radical (unpaired) electrons. The van der Waals surface area contributed by atoms with Gasteiger partial charge in [-0.15, -0.1) is 0 Å². The quantitative estimate of drug-likeness (QED) is 0.236. The van der Waals surface area contributed by atoms with E-state index in [9.17, 15) is 0 Å². The molecule has 2 aromatic heterocycles. The van der Waals surface area contributed by atoms with Gasteiger partial charge >= 0.3 is 0 Å². The number of fused-ring (bicyclic) bond motifs is 6. The minimum Gasteiger partial charge on any atom is -0.309 e. The van der Waals surface area contributed by atoms with Gasteiger partial charge in [0.05, 0.1) is 22.1 Å². The van der Waals surface area contributed by atoms with E-state index in [-0.39, 0.29) is 0 Å². The second kappa shape index (κ2) is 8.22. The van der Waals surface area contributed by atoms with Crippen LogP contribution in [0, 0.1) is 0 Å². The van der Waals surface area contributed by atoms with Gasteiger partial charge in [-0.3, -0.25) is 0 Å². The van der Waals surface area contributed by atoms with Crippen LogP contribution in [0.1, 0.15) is 0 Å². The molecule has 0 N–H and O–H groups in total. The molecule has 0 bridgehead atoms. The van der Waals surface area contributed by atoms with Crippen LogP contribution in [-0.4, -0.2) is 9.13 Å². The van der Waals surface area contributed by atoms with E-state index in [1.165, 1.54) is 66.1 Å². The van der Waals surface area contributed by atoms with Crippen molar-refractivity contribution in [3.05, 3.63) is 146 Å². The summed E-state index contributed by atoms with van der Waals surface area (Å²) in [7, 11) is 0. The summed E-state index contributed by atoms with van der Waals surface area (Å²) < 4.78 is 4.75. The average molecular weight is 485 g/mol. The summed E-state index contributed by atoms with van der Waals surface area (Å²) in [5, 5.41) is 5.10. The number of rotatable bonds is 3. The molecule has 0 amide bonds. The first kappa shape index (κ1) is 21.0. The number of nitrogens with zero attached hydrogens (tertiary/aromatic N) is 2. The predicted molar refractivity (Wildman–Crippen MR) is 161 cm³/mol. The van der Waals surface area contributed by atoms with Crippen molar-refractivity contribution in [3.63, 3.8) is 0 Å². The average Bonchev–Trinajstić information content (AvgIpc) is 3.50. The first-order valence-electron chi connectivity index (χ1n) is 13.0. The highest BCUT2D eigenvalue weighted by Gasteiger charge is 2.14. The van der Waals surface area contributed by atoms with Crippen molar-refractivity contribution in [1.82, 2.24) is 9.13 Å². The van der Waals surface area contributed by atoms with Gasteiger partial charge in [0.1, 0.15) is 0 Å². The summed E-state index contributed by atoms with van der Waals surface area (Å²) in [6.07, 6.45) is 0. The molecular weight excluding hydrogens is 460 g/mol. The first-order valence-corrected chi connectivity index (χ1v) is 13.0. The fourth-order valence-corrected chi connectivity index (χ4v) is 6.03. The van der Waals surface area contributed by atoms with Gasteiger partial charge in [0.15, 0.2) is 0 Å². The van der Waals surface area contributed by atoms with Gasteiger partial charge in [0, 0.05) is 32.9 Å². The third-order valence-corrected chi connectivity index (χ3v) is 7.70. The summed E-state index contributed by atoms with van der Waals surface area (Å²) in [6, 6.07) is 52.5. The first-order chi connectivity index (χ1) is 18.9. The highest BCUT2D eigenvalue weighted by atomic mass is 15.0. The van der Waals surface area contributed by atoms with Crippen LogP contribution < -0.4 is 0 Å². The Morgan fingerprint density at radius 1 is 0.289 bits per heavy atom. The summed E-state index contributed by atoms with van der Waals surface area (Å²) in [4.78, 5) is 0.